The van der Waals surface area contributed by atoms with E-state index in [1.165, 1.54) is 19.3 Å². The third kappa shape index (κ3) is 6.48. The molecule has 7 nitrogen and oxygen atoms in total. The van der Waals surface area contributed by atoms with Crippen molar-refractivity contribution in [3.8, 4) is 0 Å². The van der Waals surface area contributed by atoms with Gasteiger partial charge in [0.25, 0.3) is 5.91 Å². The molecular formula is C21H32N4O3. The van der Waals surface area contributed by atoms with Crippen LogP contribution in [0.5, 0.6) is 0 Å². The third-order valence-corrected chi connectivity index (χ3v) is 5.57. The molecule has 2 aliphatic rings. The van der Waals surface area contributed by atoms with E-state index in [1.54, 1.807) is 24.5 Å². The zero-order valence-corrected chi connectivity index (χ0v) is 16.6. The van der Waals surface area contributed by atoms with Gasteiger partial charge in [0.1, 0.15) is 6.10 Å². The SMILES string of the molecule is O=C(NCCCCCCC1CCN(C(=O)C2CCCO2)C1)Nc1ccncc1. The Labute approximate surface area is 167 Å². The molecule has 0 saturated carbocycles. The Kier molecular flexibility index (Phi) is 8.08. The molecule has 3 rings (SSSR count). The summed E-state index contributed by atoms with van der Waals surface area (Å²) in [5.41, 5.74) is 0.746. The van der Waals surface area contributed by atoms with Crippen LogP contribution in [0.3, 0.4) is 0 Å². The number of aromatic nitrogens is 1. The summed E-state index contributed by atoms with van der Waals surface area (Å²) in [7, 11) is 0. The van der Waals surface area contributed by atoms with Gasteiger partial charge in [-0.25, -0.2) is 4.79 Å². The molecule has 2 atom stereocenters. The van der Waals surface area contributed by atoms with Gasteiger partial charge >= 0.3 is 6.03 Å². The van der Waals surface area contributed by atoms with Crippen LogP contribution in [0.25, 0.3) is 0 Å². The van der Waals surface area contributed by atoms with E-state index in [0.29, 0.717) is 12.5 Å². The van der Waals surface area contributed by atoms with Crippen LogP contribution >= 0.6 is 0 Å². The first-order chi connectivity index (χ1) is 13.7. The third-order valence-electron chi connectivity index (χ3n) is 5.57. The molecular weight excluding hydrogens is 356 g/mol. The number of nitrogens with zero attached hydrogens (tertiary/aromatic N) is 2. The van der Waals surface area contributed by atoms with Gasteiger partial charge in [0.05, 0.1) is 0 Å². The number of nitrogens with one attached hydrogen (secondary N) is 2. The van der Waals surface area contributed by atoms with Crippen molar-refractivity contribution in [2.75, 3.05) is 31.6 Å². The average Bonchev–Trinajstić information content (AvgIpc) is 3.40. The summed E-state index contributed by atoms with van der Waals surface area (Å²) in [6.45, 7) is 3.20. The Morgan fingerprint density at radius 3 is 2.75 bits per heavy atom. The second-order valence-corrected chi connectivity index (χ2v) is 7.76. The fourth-order valence-corrected chi connectivity index (χ4v) is 3.97. The summed E-state index contributed by atoms with van der Waals surface area (Å²) in [6.07, 6.45) is 11.8. The fraction of sp³-hybridized carbons (Fsp3) is 0.667. The van der Waals surface area contributed by atoms with Crippen LogP contribution in [-0.4, -0.2) is 54.2 Å². The number of likely N-dealkylation sites (tertiary alicyclic amines) is 1. The van der Waals surface area contributed by atoms with E-state index in [4.69, 9.17) is 4.74 Å². The van der Waals surface area contributed by atoms with Gasteiger partial charge in [-0.15, -0.1) is 0 Å². The Hall–Kier alpha value is -2.15. The molecule has 3 heterocycles. The van der Waals surface area contributed by atoms with E-state index in [9.17, 15) is 9.59 Å². The molecule has 154 valence electrons. The van der Waals surface area contributed by atoms with Gasteiger partial charge in [-0.1, -0.05) is 19.3 Å². The lowest BCUT2D eigenvalue weighted by molar-refractivity contribution is -0.139. The number of hydrogen-bond acceptors (Lipinski definition) is 4. The standard InChI is InChI=1S/C21H32N4O3/c26-20(19-7-5-15-28-19)25-14-10-17(16-25)6-3-1-2-4-11-23-21(27)24-18-8-12-22-13-9-18/h8-9,12-13,17,19H,1-7,10-11,14-16H2,(H2,22,23,24,27). The van der Waals surface area contributed by atoms with Crippen LogP contribution in [-0.2, 0) is 9.53 Å². The Bertz CT molecular complexity index is 619. The van der Waals surface area contributed by atoms with Crippen LogP contribution in [0.4, 0.5) is 10.5 Å². The highest BCUT2D eigenvalue weighted by Gasteiger charge is 2.32. The minimum atomic E-state index is -0.179. The minimum Gasteiger partial charge on any atom is -0.368 e. The Balaban J connectivity index is 1.18. The number of ether oxygens (including phenoxy) is 1. The van der Waals surface area contributed by atoms with Gasteiger partial charge in [-0.05, 0) is 50.2 Å². The fourth-order valence-electron chi connectivity index (χ4n) is 3.97. The predicted molar refractivity (Wildman–Crippen MR) is 108 cm³/mol. The number of unbranched alkanes of at least 4 members (excludes halogenated alkanes) is 3. The zero-order chi connectivity index (χ0) is 19.6. The monoisotopic (exact) mass is 388 g/mol. The number of pyridine rings is 1. The Morgan fingerprint density at radius 2 is 1.96 bits per heavy atom. The number of carbonyl (C=O) groups is 2. The van der Waals surface area contributed by atoms with Crippen molar-refractivity contribution in [1.29, 1.82) is 0 Å². The smallest absolute Gasteiger partial charge is 0.319 e. The molecule has 2 saturated heterocycles. The molecule has 0 bridgehead atoms. The first-order valence-corrected chi connectivity index (χ1v) is 10.6. The van der Waals surface area contributed by atoms with Gasteiger partial charge in [-0.2, -0.15) is 0 Å². The first kappa shape index (κ1) is 20.6. The van der Waals surface area contributed by atoms with Crippen molar-refractivity contribution in [2.24, 2.45) is 5.92 Å². The lowest BCUT2D eigenvalue weighted by atomic mass is 10.00. The number of anilines is 1. The lowest BCUT2D eigenvalue weighted by Crippen LogP contribution is -2.37. The van der Waals surface area contributed by atoms with Gasteiger partial charge < -0.3 is 20.3 Å². The van der Waals surface area contributed by atoms with E-state index in [-0.39, 0.29) is 18.0 Å². The van der Waals surface area contributed by atoms with Crippen molar-refractivity contribution >= 4 is 17.6 Å². The molecule has 0 spiro atoms. The lowest BCUT2D eigenvalue weighted by Gasteiger charge is -2.20. The topological polar surface area (TPSA) is 83.6 Å². The highest BCUT2D eigenvalue weighted by Crippen LogP contribution is 2.25. The average molecular weight is 389 g/mol. The molecule has 2 aliphatic heterocycles. The molecule has 0 aliphatic carbocycles. The summed E-state index contributed by atoms with van der Waals surface area (Å²) in [5, 5.41) is 5.66. The maximum atomic E-state index is 12.4. The number of rotatable bonds is 9. The van der Waals surface area contributed by atoms with E-state index in [0.717, 1.165) is 57.5 Å². The first-order valence-electron chi connectivity index (χ1n) is 10.6. The Morgan fingerprint density at radius 1 is 1.14 bits per heavy atom. The van der Waals surface area contributed by atoms with Gasteiger partial charge in [0.15, 0.2) is 0 Å². The van der Waals surface area contributed by atoms with Gasteiger partial charge in [-0.3, -0.25) is 9.78 Å². The van der Waals surface area contributed by atoms with Crippen molar-refractivity contribution in [2.45, 2.75) is 57.5 Å². The molecule has 1 aromatic rings. The normalized spacial score (nSPS) is 21.6. The molecule has 0 aromatic carbocycles. The molecule has 7 heteroatoms. The van der Waals surface area contributed by atoms with Crippen molar-refractivity contribution < 1.29 is 14.3 Å². The van der Waals surface area contributed by atoms with E-state index < -0.39 is 0 Å². The van der Waals surface area contributed by atoms with Crippen LogP contribution < -0.4 is 10.6 Å². The molecule has 2 N–H and O–H groups in total. The van der Waals surface area contributed by atoms with E-state index >= 15 is 0 Å². The largest absolute Gasteiger partial charge is 0.368 e. The van der Waals surface area contributed by atoms with Gasteiger partial charge in [0, 0.05) is 44.3 Å². The van der Waals surface area contributed by atoms with E-state index in [1.807, 2.05) is 4.90 Å². The minimum absolute atomic E-state index is 0.173. The maximum absolute atomic E-state index is 12.4. The second kappa shape index (κ2) is 11.0. The van der Waals surface area contributed by atoms with Crippen LogP contribution in [0.15, 0.2) is 24.5 Å². The summed E-state index contributed by atoms with van der Waals surface area (Å²) < 4.78 is 5.52. The number of hydrogen-bond donors (Lipinski definition) is 2. The summed E-state index contributed by atoms with van der Waals surface area (Å²) >= 11 is 0. The van der Waals surface area contributed by atoms with Crippen molar-refractivity contribution in [3.05, 3.63) is 24.5 Å². The van der Waals surface area contributed by atoms with Crippen molar-refractivity contribution in [3.63, 3.8) is 0 Å². The van der Waals surface area contributed by atoms with Crippen molar-refractivity contribution in [1.82, 2.24) is 15.2 Å². The molecule has 1 aromatic heterocycles. The molecule has 3 amide bonds. The summed E-state index contributed by atoms with van der Waals surface area (Å²) in [5.74, 6) is 0.839. The van der Waals surface area contributed by atoms with Gasteiger partial charge in [0.2, 0.25) is 0 Å². The van der Waals surface area contributed by atoms with Crippen LogP contribution in [0.1, 0.15) is 51.4 Å². The number of amides is 3. The molecule has 2 unspecified atom stereocenters. The highest BCUT2D eigenvalue weighted by atomic mass is 16.5. The van der Waals surface area contributed by atoms with E-state index in [2.05, 4.69) is 15.6 Å². The molecule has 28 heavy (non-hydrogen) atoms. The zero-order valence-electron chi connectivity index (χ0n) is 16.6. The number of urea groups is 1. The predicted octanol–water partition coefficient (Wildman–Crippen LogP) is 3.18. The number of carbonyl (C=O) groups excluding carboxylic acids is 2. The highest BCUT2D eigenvalue weighted by molar-refractivity contribution is 5.89. The maximum Gasteiger partial charge on any atom is 0.319 e. The summed E-state index contributed by atoms with van der Waals surface area (Å²) in [4.78, 5) is 30.1. The molecule has 0 radical (unpaired) electrons. The van der Waals surface area contributed by atoms with Crippen LogP contribution in [0.2, 0.25) is 0 Å². The second-order valence-electron chi connectivity index (χ2n) is 7.76. The molecule has 2 fully saturated rings. The quantitative estimate of drug-likeness (QED) is 0.637. The van der Waals surface area contributed by atoms with Crippen LogP contribution in [0, 0.1) is 5.92 Å². The summed E-state index contributed by atoms with van der Waals surface area (Å²) in [6, 6.07) is 3.35.